The molecule has 0 radical (unpaired) electrons. The number of nitrogens with zero attached hydrogens (tertiary/aromatic N) is 4. The average molecular weight is 485 g/mol. The number of anilines is 1. The van der Waals surface area contributed by atoms with Gasteiger partial charge < -0.3 is 10.1 Å². The lowest BCUT2D eigenvalue weighted by molar-refractivity contribution is 0.102. The predicted octanol–water partition coefficient (Wildman–Crippen LogP) is 5.29. The van der Waals surface area contributed by atoms with Crippen molar-refractivity contribution in [2.45, 2.75) is 46.3 Å². The molecule has 3 aromatic heterocycles. The maximum absolute atomic E-state index is 13.0. The summed E-state index contributed by atoms with van der Waals surface area (Å²) in [5, 5.41) is 10.9. The van der Waals surface area contributed by atoms with Crippen LogP contribution >= 0.6 is 0 Å². The van der Waals surface area contributed by atoms with Crippen LogP contribution in [0.4, 0.5) is 5.69 Å². The largest absolute Gasteiger partial charge is 0.475 e. The minimum absolute atomic E-state index is 0.0343. The van der Waals surface area contributed by atoms with Crippen LogP contribution in [-0.2, 0) is 6.54 Å². The molecular weight excluding hydrogens is 452 g/mol. The molecule has 1 aliphatic rings. The maximum Gasteiger partial charge on any atom is 0.276 e. The first kappa shape index (κ1) is 23.9. The van der Waals surface area contributed by atoms with E-state index in [1.165, 1.54) is 18.4 Å². The van der Waals surface area contributed by atoms with E-state index in [0.717, 1.165) is 47.6 Å². The summed E-state index contributed by atoms with van der Waals surface area (Å²) in [6.45, 7) is 9.38. The number of hydrogen-bond acceptors (Lipinski definition) is 6. The van der Waals surface area contributed by atoms with Crippen LogP contribution in [0.5, 0.6) is 5.88 Å². The third-order valence-electron chi connectivity index (χ3n) is 6.54. The monoisotopic (exact) mass is 484 g/mol. The van der Waals surface area contributed by atoms with Gasteiger partial charge in [-0.2, -0.15) is 5.10 Å². The van der Waals surface area contributed by atoms with Gasteiger partial charge in [0, 0.05) is 36.0 Å². The minimum Gasteiger partial charge on any atom is -0.475 e. The van der Waals surface area contributed by atoms with Gasteiger partial charge in [0.15, 0.2) is 5.69 Å². The fraction of sp³-hybridized carbons (Fsp3) is 0.357. The molecule has 2 N–H and O–H groups in total. The van der Waals surface area contributed by atoms with Crippen molar-refractivity contribution in [1.82, 2.24) is 25.1 Å². The molecule has 1 amide bonds. The van der Waals surface area contributed by atoms with Gasteiger partial charge in [0.05, 0.1) is 23.5 Å². The number of carbonyl (C=O) groups excluding carboxylic acids is 1. The zero-order chi connectivity index (χ0) is 25.1. The number of aromatic amines is 1. The Morgan fingerprint density at radius 2 is 1.94 bits per heavy atom. The molecule has 0 atom stereocenters. The molecule has 1 aliphatic heterocycles. The molecule has 0 saturated carbocycles. The summed E-state index contributed by atoms with van der Waals surface area (Å²) in [4.78, 5) is 24.3. The lowest BCUT2D eigenvalue weighted by Crippen LogP contribution is -2.32. The van der Waals surface area contributed by atoms with Crippen LogP contribution in [0.15, 0.2) is 55.0 Å². The number of nitrogens with one attached hydrogen (secondary N) is 2. The third-order valence-corrected chi connectivity index (χ3v) is 6.54. The number of rotatable bonds is 7. The molecular formula is C28H32N6O2. The molecule has 4 heterocycles. The Bertz CT molecular complexity index is 1340. The van der Waals surface area contributed by atoms with Crippen molar-refractivity contribution in [3.05, 3.63) is 66.2 Å². The number of aromatic nitrogens is 4. The molecule has 36 heavy (non-hydrogen) atoms. The van der Waals surface area contributed by atoms with Crippen LogP contribution in [-0.4, -0.2) is 50.2 Å². The maximum atomic E-state index is 13.0. The zero-order valence-electron chi connectivity index (χ0n) is 21.0. The Morgan fingerprint density at radius 3 is 2.69 bits per heavy atom. The zero-order valence-corrected chi connectivity index (χ0v) is 21.0. The molecule has 186 valence electrons. The van der Waals surface area contributed by atoms with Crippen LogP contribution in [0, 0.1) is 5.92 Å². The van der Waals surface area contributed by atoms with Gasteiger partial charge in [-0.05, 0) is 81.1 Å². The Morgan fingerprint density at radius 1 is 1.11 bits per heavy atom. The first-order valence-electron chi connectivity index (χ1n) is 12.5. The number of amides is 1. The van der Waals surface area contributed by atoms with Crippen molar-refractivity contribution in [2.75, 3.05) is 18.4 Å². The van der Waals surface area contributed by atoms with Gasteiger partial charge in [0.1, 0.15) is 0 Å². The predicted molar refractivity (Wildman–Crippen MR) is 141 cm³/mol. The number of carbonyl (C=O) groups is 1. The fourth-order valence-corrected chi connectivity index (χ4v) is 4.53. The molecule has 8 heteroatoms. The van der Waals surface area contributed by atoms with Crippen molar-refractivity contribution in [1.29, 1.82) is 0 Å². The Balaban J connectivity index is 1.33. The van der Waals surface area contributed by atoms with E-state index in [2.05, 4.69) is 43.4 Å². The summed E-state index contributed by atoms with van der Waals surface area (Å²) in [7, 11) is 0. The number of benzene rings is 1. The van der Waals surface area contributed by atoms with E-state index in [0.29, 0.717) is 17.3 Å². The van der Waals surface area contributed by atoms with Crippen molar-refractivity contribution < 1.29 is 9.53 Å². The number of fused-ring (bicyclic) bond motifs is 1. The van der Waals surface area contributed by atoms with Gasteiger partial charge in [-0.25, -0.2) is 4.98 Å². The highest BCUT2D eigenvalue weighted by Gasteiger charge is 2.18. The molecule has 1 saturated heterocycles. The molecule has 0 aliphatic carbocycles. The second-order valence-corrected chi connectivity index (χ2v) is 9.88. The summed E-state index contributed by atoms with van der Waals surface area (Å²) in [6, 6.07) is 11.7. The summed E-state index contributed by atoms with van der Waals surface area (Å²) in [5.74, 6) is 1.03. The van der Waals surface area contributed by atoms with Gasteiger partial charge in [0.2, 0.25) is 5.88 Å². The molecule has 0 spiro atoms. The number of ether oxygens (including phenoxy) is 1. The molecule has 4 aromatic rings. The number of hydrogen-bond donors (Lipinski definition) is 2. The molecule has 0 bridgehead atoms. The third kappa shape index (κ3) is 5.54. The van der Waals surface area contributed by atoms with Gasteiger partial charge in [-0.3, -0.25) is 19.8 Å². The van der Waals surface area contributed by atoms with Crippen molar-refractivity contribution >= 4 is 22.5 Å². The molecule has 5 rings (SSSR count). The highest BCUT2D eigenvalue weighted by molar-refractivity contribution is 6.11. The molecule has 1 fully saturated rings. The number of piperidine rings is 1. The number of likely N-dealkylation sites (tertiary alicyclic amines) is 1. The Kier molecular flexibility index (Phi) is 6.95. The van der Waals surface area contributed by atoms with E-state index in [1.54, 1.807) is 18.3 Å². The van der Waals surface area contributed by atoms with Crippen LogP contribution in [0.25, 0.3) is 22.0 Å². The van der Waals surface area contributed by atoms with Crippen LogP contribution in [0.2, 0.25) is 0 Å². The second kappa shape index (κ2) is 10.5. The van der Waals surface area contributed by atoms with E-state index < -0.39 is 0 Å². The van der Waals surface area contributed by atoms with Crippen LogP contribution < -0.4 is 10.1 Å². The molecule has 0 unspecified atom stereocenters. The Labute approximate surface area is 211 Å². The molecule has 1 aromatic carbocycles. The summed E-state index contributed by atoms with van der Waals surface area (Å²) < 4.78 is 5.57. The van der Waals surface area contributed by atoms with Crippen molar-refractivity contribution in [2.24, 2.45) is 5.92 Å². The van der Waals surface area contributed by atoms with Gasteiger partial charge in [-0.1, -0.05) is 13.0 Å². The normalized spacial score (nSPS) is 14.9. The van der Waals surface area contributed by atoms with Crippen molar-refractivity contribution in [3.63, 3.8) is 0 Å². The topological polar surface area (TPSA) is 96.0 Å². The van der Waals surface area contributed by atoms with Gasteiger partial charge >= 0.3 is 0 Å². The van der Waals surface area contributed by atoms with Gasteiger partial charge in [-0.15, -0.1) is 0 Å². The summed E-state index contributed by atoms with van der Waals surface area (Å²) in [5.41, 5.74) is 4.93. The van der Waals surface area contributed by atoms with Crippen molar-refractivity contribution in [3.8, 4) is 17.0 Å². The summed E-state index contributed by atoms with van der Waals surface area (Å²) >= 11 is 0. The number of H-pyrrole nitrogens is 1. The second-order valence-electron chi connectivity index (χ2n) is 9.88. The lowest BCUT2D eigenvalue weighted by atomic mass is 9.98. The highest BCUT2D eigenvalue weighted by atomic mass is 16.5. The number of pyridine rings is 2. The fourth-order valence-electron chi connectivity index (χ4n) is 4.53. The van der Waals surface area contributed by atoms with Gasteiger partial charge in [0.25, 0.3) is 5.91 Å². The lowest BCUT2D eigenvalue weighted by Gasteiger charge is -2.30. The van der Waals surface area contributed by atoms with E-state index >= 15 is 0 Å². The quantitative estimate of drug-likeness (QED) is 0.370. The van der Waals surface area contributed by atoms with E-state index in [4.69, 9.17) is 4.74 Å². The summed E-state index contributed by atoms with van der Waals surface area (Å²) in [6.07, 6.45) is 7.93. The molecule has 8 nitrogen and oxygen atoms in total. The standard InChI is InChI=1S/C28H32N6O2/c1-18(2)36-26-7-5-23(16-30-26)31-28(35)27-24-13-21(4-6-25(24)32-33-27)22-12-20(14-29-15-22)17-34-10-8-19(3)9-11-34/h4-7,12-16,18-19H,8-11,17H2,1-3H3,(H,31,35)(H,32,33). The highest BCUT2D eigenvalue weighted by Crippen LogP contribution is 2.27. The minimum atomic E-state index is -0.302. The van der Waals surface area contributed by atoms with E-state index in [-0.39, 0.29) is 12.0 Å². The smallest absolute Gasteiger partial charge is 0.276 e. The van der Waals surface area contributed by atoms with Crippen LogP contribution in [0.1, 0.15) is 49.7 Å². The van der Waals surface area contributed by atoms with E-state index in [9.17, 15) is 4.79 Å². The van der Waals surface area contributed by atoms with E-state index in [1.807, 2.05) is 44.4 Å². The average Bonchev–Trinajstić information content (AvgIpc) is 3.30. The van der Waals surface area contributed by atoms with Crippen LogP contribution in [0.3, 0.4) is 0 Å². The SMILES string of the molecule is CC1CCN(Cc2cncc(-c3ccc4[nH]nc(C(=O)Nc5ccc(OC(C)C)nc5)c4c3)c2)CC1. The first-order valence-corrected chi connectivity index (χ1v) is 12.5. The Hall–Kier alpha value is -3.78. The first-order chi connectivity index (χ1) is 17.4.